The van der Waals surface area contributed by atoms with Crippen LogP contribution in [0.25, 0.3) is 11.4 Å². The van der Waals surface area contributed by atoms with Crippen LogP contribution in [0.4, 0.5) is 4.39 Å². The quantitative estimate of drug-likeness (QED) is 0.905. The van der Waals surface area contributed by atoms with Crippen molar-refractivity contribution in [1.29, 1.82) is 0 Å². The number of aromatic nitrogens is 2. The minimum Gasteiger partial charge on any atom is -0.338 e. The molecule has 1 aromatic carbocycles. The molecule has 0 aliphatic carbocycles. The van der Waals surface area contributed by atoms with E-state index >= 15 is 0 Å². The van der Waals surface area contributed by atoms with E-state index < -0.39 is 0 Å². The lowest BCUT2D eigenvalue weighted by molar-refractivity contribution is 0.362. The third kappa shape index (κ3) is 2.92. The number of rotatable bonds is 4. The fourth-order valence-corrected chi connectivity index (χ4v) is 1.56. The van der Waals surface area contributed by atoms with Crippen LogP contribution >= 0.6 is 0 Å². The Bertz CT molecular complexity index is 537. The summed E-state index contributed by atoms with van der Waals surface area (Å²) in [5, 5.41) is 7.06. The molecule has 0 spiro atoms. The Morgan fingerprint density at radius 3 is 2.89 bits per heavy atom. The van der Waals surface area contributed by atoms with Crippen LogP contribution in [0.2, 0.25) is 0 Å². The van der Waals surface area contributed by atoms with Crippen molar-refractivity contribution in [3.05, 3.63) is 35.5 Å². The highest BCUT2D eigenvalue weighted by molar-refractivity contribution is 5.59. The standard InChI is InChI=1S/C13H16FN3O/c1-8(2)15-7-12-16-13(17-18-12)11-6-10(14)5-4-9(11)3/h4-6,8,15H,7H2,1-3H3. The van der Waals surface area contributed by atoms with Gasteiger partial charge in [0, 0.05) is 11.6 Å². The van der Waals surface area contributed by atoms with E-state index in [9.17, 15) is 4.39 Å². The molecule has 0 unspecified atom stereocenters. The Morgan fingerprint density at radius 1 is 1.39 bits per heavy atom. The molecule has 1 N–H and O–H groups in total. The smallest absolute Gasteiger partial charge is 0.240 e. The molecule has 0 atom stereocenters. The monoisotopic (exact) mass is 249 g/mol. The number of halogens is 1. The third-order valence-corrected chi connectivity index (χ3v) is 2.57. The highest BCUT2D eigenvalue weighted by Gasteiger charge is 2.11. The van der Waals surface area contributed by atoms with Gasteiger partial charge in [0.05, 0.1) is 6.54 Å². The van der Waals surface area contributed by atoms with Crippen LogP contribution in [-0.4, -0.2) is 16.2 Å². The lowest BCUT2D eigenvalue weighted by Gasteiger charge is -2.03. The van der Waals surface area contributed by atoms with Crippen LogP contribution in [0.1, 0.15) is 25.3 Å². The second kappa shape index (κ2) is 5.27. The van der Waals surface area contributed by atoms with Gasteiger partial charge in [-0.25, -0.2) is 4.39 Å². The fourth-order valence-electron chi connectivity index (χ4n) is 1.56. The van der Waals surface area contributed by atoms with Gasteiger partial charge in [0.2, 0.25) is 11.7 Å². The largest absolute Gasteiger partial charge is 0.338 e. The van der Waals surface area contributed by atoms with Crippen molar-refractivity contribution in [2.75, 3.05) is 0 Å². The van der Waals surface area contributed by atoms with Crippen LogP contribution in [0.15, 0.2) is 22.7 Å². The van der Waals surface area contributed by atoms with Crippen LogP contribution < -0.4 is 5.32 Å². The van der Waals surface area contributed by atoms with E-state index in [2.05, 4.69) is 15.5 Å². The van der Waals surface area contributed by atoms with E-state index in [1.165, 1.54) is 12.1 Å². The predicted molar refractivity (Wildman–Crippen MR) is 66.4 cm³/mol. The zero-order valence-corrected chi connectivity index (χ0v) is 10.7. The highest BCUT2D eigenvalue weighted by Crippen LogP contribution is 2.21. The SMILES string of the molecule is Cc1ccc(F)cc1-c1noc(CNC(C)C)n1. The number of hydrogen-bond donors (Lipinski definition) is 1. The lowest BCUT2D eigenvalue weighted by atomic mass is 10.1. The molecule has 0 bridgehead atoms. The second-order valence-electron chi connectivity index (χ2n) is 4.51. The average molecular weight is 249 g/mol. The van der Waals surface area contributed by atoms with Gasteiger partial charge in [-0.3, -0.25) is 0 Å². The van der Waals surface area contributed by atoms with Crippen molar-refractivity contribution in [2.45, 2.75) is 33.4 Å². The number of aryl methyl sites for hydroxylation is 1. The number of nitrogens with zero attached hydrogens (tertiary/aromatic N) is 2. The zero-order valence-electron chi connectivity index (χ0n) is 10.7. The van der Waals surface area contributed by atoms with Gasteiger partial charge in [-0.05, 0) is 24.6 Å². The molecule has 5 heteroatoms. The van der Waals surface area contributed by atoms with Gasteiger partial charge >= 0.3 is 0 Å². The summed E-state index contributed by atoms with van der Waals surface area (Å²) in [6.07, 6.45) is 0. The fraction of sp³-hybridized carbons (Fsp3) is 0.385. The van der Waals surface area contributed by atoms with Crippen molar-refractivity contribution in [1.82, 2.24) is 15.5 Å². The summed E-state index contributed by atoms with van der Waals surface area (Å²) in [7, 11) is 0. The predicted octanol–water partition coefficient (Wildman–Crippen LogP) is 2.68. The van der Waals surface area contributed by atoms with Crippen LogP contribution in [0.3, 0.4) is 0 Å². The van der Waals surface area contributed by atoms with Gasteiger partial charge in [0.15, 0.2) is 0 Å². The molecule has 96 valence electrons. The molecule has 0 aliphatic heterocycles. The molecule has 0 fully saturated rings. The van der Waals surface area contributed by atoms with Gasteiger partial charge in [0.25, 0.3) is 0 Å². The summed E-state index contributed by atoms with van der Waals surface area (Å²) in [6, 6.07) is 4.88. The Hall–Kier alpha value is -1.75. The summed E-state index contributed by atoms with van der Waals surface area (Å²) in [6.45, 7) is 6.47. The summed E-state index contributed by atoms with van der Waals surface area (Å²) in [5.74, 6) is 0.622. The van der Waals surface area contributed by atoms with E-state index in [0.29, 0.717) is 29.9 Å². The molecule has 2 rings (SSSR count). The first-order valence-electron chi connectivity index (χ1n) is 5.89. The summed E-state index contributed by atoms with van der Waals surface area (Å²) in [4.78, 5) is 4.25. The van der Waals surface area contributed by atoms with Crippen molar-refractivity contribution >= 4 is 0 Å². The summed E-state index contributed by atoms with van der Waals surface area (Å²) in [5.41, 5.74) is 1.58. The Balaban J connectivity index is 2.21. The molecule has 0 saturated heterocycles. The third-order valence-electron chi connectivity index (χ3n) is 2.57. The Kier molecular flexibility index (Phi) is 3.72. The first kappa shape index (κ1) is 12.7. The molecule has 0 saturated carbocycles. The highest BCUT2D eigenvalue weighted by atomic mass is 19.1. The first-order chi connectivity index (χ1) is 8.56. The molecule has 1 aromatic heterocycles. The number of nitrogens with one attached hydrogen (secondary N) is 1. The van der Waals surface area contributed by atoms with E-state index in [-0.39, 0.29) is 5.82 Å². The van der Waals surface area contributed by atoms with Crippen molar-refractivity contribution in [2.24, 2.45) is 0 Å². The van der Waals surface area contributed by atoms with Crippen LogP contribution in [0, 0.1) is 12.7 Å². The summed E-state index contributed by atoms with van der Waals surface area (Å²) >= 11 is 0. The van der Waals surface area contributed by atoms with E-state index in [1.807, 2.05) is 20.8 Å². The van der Waals surface area contributed by atoms with Crippen molar-refractivity contribution < 1.29 is 8.91 Å². The van der Waals surface area contributed by atoms with Crippen LogP contribution in [-0.2, 0) is 6.54 Å². The minimum absolute atomic E-state index is 0.303. The number of hydrogen-bond acceptors (Lipinski definition) is 4. The molecule has 0 amide bonds. The van der Waals surface area contributed by atoms with E-state index in [0.717, 1.165) is 5.56 Å². The van der Waals surface area contributed by atoms with E-state index in [1.54, 1.807) is 6.07 Å². The van der Waals surface area contributed by atoms with Gasteiger partial charge in [-0.15, -0.1) is 0 Å². The second-order valence-corrected chi connectivity index (χ2v) is 4.51. The molecular weight excluding hydrogens is 233 g/mol. The van der Waals surface area contributed by atoms with Crippen molar-refractivity contribution in [3.8, 4) is 11.4 Å². The molecule has 1 heterocycles. The van der Waals surface area contributed by atoms with E-state index in [4.69, 9.17) is 4.52 Å². The zero-order chi connectivity index (χ0) is 13.1. The summed E-state index contributed by atoms with van der Waals surface area (Å²) < 4.78 is 18.3. The maximum absolute atomic E-state index is 13.2. The Labute approximate surface area is 105 Å². The molecule has 18 heavy (non-hydrogen) atoms. The molecule has 4 nitrogen and oxygen atoms in total. The minimum atomic E-state index is -0.303. The maximum Gasteiger partial charge on any atom is 0.240 e. The van der Waals surface area contributed by atoms with Gasteiger partial charge < -0.3 is 9.84 Å². The molecule has 0 radical (unpaired) electrons. The van der Waals surface area contributed by atoms with Crippen LogP contribution in [0.5, 0.6) is 0 Å². The normalized spacial score (nSPS) is 11.2. The molecule has 0 aliphatic rings. The topological polar surface area (TPSA) is 51.0 Å². The Morgan fingerprint density at radius 2 is 2.17 bits per heavy atom. The van der Waals surface area contributed by atoms with Gasteiger partial charge in [-0.2, -0.15) is 4.98 Å². The van der Waals surface area contributed by atoms with Gasteiger partial charge in [0.1, 0.15) is 5.82 Å². The average Bonchev–Trinajstić information content (AvgIpc) is 2.78. The molecular formula is C13H16FN3O. The molecule has 2 aromatic rings. The maximum atomic E-state index is 13.2. The van der Waals surface area contributed by atoms with Crippen molar-refractivity contribution in [3.63, 3.8) is 0 Å². The lowest BCUT2D eigenvalue weighted by Crippen LogP contribution is -2.21. The van der Waals surface area contributed by atoms with Gasteiger partial charge in [-0.1, -0.05) is 25.1 Å². The first-order valence-corrected chi connectivity index (χ1v) is 5.89. The number of benzene rings is 1.